The molecule has 2 heterocycles. The molecule has 0 bridgehead atoms. The van der Waals surface area contributed by atoms with Crippen LogP contribution in [0.5, 0.6) is 5.75 Å². The molecule has 0 radical (unpaired) electrons. The first kappa shape index (κ1) is 15.9. The van der Waals surface area contributed by atoms with Gasteiger partial charge in [0.25, 0.3) is 5.56 Å². The number of hydrogen-bond donors (Lipinski definition) is 2. The highest BCUT2D eigenvalue weighted by Gasteiger charge is 2.23. The molecule has 1 aliphatic heterocycles. The predicted molar refractivity (Wildman–Crippen MR) is 96.6 cm³/mol. The van der Waals surface area contributed by atoms with E-state index in [4.69, 9.17) is 4.74 Å². The first-order chi connectivity index (χ1) is 12.1. The third kappa shape index (κ3) is 3.04. The summed E-state index contributed by atoms with van der Waals surface area (Å²) < 4.78 is 5.26. The number of rotatable bonds is 3. The number of aliphatic hydroxyl groups is 1. The number of H-pyrrole nitrogens is 1. The smallest absolute Gasteiger partial charge is 0.252 e. The molecule has 0 aliphatic carbocycles. The Morgan fingerprint density at radius 2 is 2.08 bits per heavy atom. The van der Waals surface area contributed by atoms with E-state index in [0.29, 0.717) is 18.7 Å². The molecule has 0 spiro atoms. The van der Waals surface area contributed by atoms with Crippen LogP contribution in [0.4, 0.5) is 0 Å². The van der Waals surface area contributed by atoms with Crippen molar-refractivity contribution in [3.8, 4) is 5.75 Å². The first-order valence-electron chi connectivity index (χ1n) is 8.32. The van der Waals surface area contributed by atoms with Gasteiger partial charge in [0.05, 0.1) is 13.2 Å². The average Bonchev–Trinajstić information content (AvgIpc) is 2.62. The van der Waals surface area contributed by atoms with Crippen molar-refractivity contribution in [1.29, 1.82) is 0 Å². The average molecular weight is 336 g/mol. The number of nitrogens with one attached hydrogen (secondary N) is 1. The lowest BCUT2D eigenvalue weighted by molar-refractivity contribution is 0.0880. The number of aromatic nitrogens is 1. The Kier molecular flexibility index (Phi) is 4.03. The maximum absolute atomic E-state index is 12.4. The van der Waals surface area contributed by atoms with E-state index in [1.807, 2.05) is 48.5 Å². The molecule has 0 amide bonds. The van der Waals surface area contributed by atoms with E-state index in [1.54, 1.807) is 7.11 Å². The normalized spacial score (nSPS) is 17.4. The Bertz CT molecular complexity index is 980. The molecule has 2 N–H and O–H groups in total. The topological polar surface area (TPSA) is 65.6 Å². The Morgan fingerprint density at radius 1 is 1.24 bits per heavy atom. The summed E-state index contributed by atoms with van der Waals surface area (Å²) in [5.74, 6) is 0.757. The number of pyridine rings is 1. The molecule has 0 saturated carbocycles. The summed E-state index contributed by atoms with van der Waals surface area (Å²) >= 11 is 0. The molecule has 2 aromatic carbocycles. The van der Waals surface area contributed by atoms with Crippen LogP contribution in [0.25, 0.3) is 10.9 Å². The Morgan fingerprint density at radius 3 is 2.92 bits per heavy atom. The number of ether oxygens (including phenoxy) is 1. The Labute approximate surface area is 145 Å². The summed E-state index contributed by atoms with van der Waals surface area (Å²) in [7, 11) is 1.63. The maximum atomic E-state index is 12.4. The highest BCUT2D eigenvalue weighted by Crippen LogP contribution is 2.27. The Hall–Kier alpha value is -2.63. The highest BCUT2D eigenvalue weighted by atomic mass is 16.5. The second-order valence-corrected chi connectivity index (χ2v) is 6.46. The van der Waals surface area contributed by atoms with Crippen molar-refractivity contribution in [2.45, 2.75) is 19.2 Å². The molecule has 4 rings (SSSR count). The molecule has 3 aromatic rings. The molecule has 1 aliphatic rings. The molecule has 0 saturated heterocycles. The lowest BCUT2D eigenvalue weighted by Gasteiger charge is -2.32. The van der Waals surface area contributed by atoms with Crippen LogP contribution < -0.4 is 10.3 Å². The number of hydrogen-bond acceptors (Lipinski definition) is 4. The zero-order valence-corrected chi connectivity index (χ0v) is 14.0. The number of β-amino-alcohol motifs (C(OH)–C–C–N with tert-alkyl or cyclic N) is 1. The third-order valence-electron chi connectivity index (χ3n) is 4.76. The van der Waals surface area contributed by atoms with Gasteiger partial charge in [-0.3, -0.25) is 9.69 Å². The van der Waals surface area contributed by atoms with Crippen molar-refractivity contribution < 1.29 is 9.84 Å². The fraction of sp³-hybridized carbons (Fsp3) is 0.250. The van der Waals surface area contributed by atoms with Crippen molar-refractivity contribution in [2.24, 2.45) is 0 Å². The maximum Gasteiger partial charge on any atom is 0.252 e. The molecule has 25 heavy (non-hydrogen) atoms. The van der Waals surface area contributed by atoms with Gasteiger partial charge in [0.2, 0.25) is 0 Å². The van der Waals surface area contributed by atoms with Crippen LogP contribution in [0.15, 0.2) is 53.3 Å². The summed E-state index contributed by atoms with van der Waals surface area (Å²) in [6, 6.07) is 15.4. The van der Waals surface area contributed by atoms with E-state index < -0.39 is 6.10 Å². The first-order valence-corrected chi connectivity index (χ1v) is 8.32. The SMILES string of the molecule is COc1ccc2[nH]c(=O)c(CN3Cc4ccccc4C(O)C3)cc2c1. The monoisotopic (exact) mass is 336 g/mol. The lowest BCUT2D eigenvalue weighted by Crippen LogP contribution is -2.34. The predicted octanol–water partition coefficient (Wildman–Crippen LogP) is 2.59. The Balaban J connectivity index is 1.64. The van der Waals surface area contributed by atoms with Crippen LogP contribution >= 0.6 is 0 Å². The fourth-order valence-electron chi connectivity index (χ4n) is 3.49. The second kappa shape index (κ2) is 6.35. The zero-order chi connectivity index (χ0) is 17.4. The molecule has 128 valence electrons. The molecule has 1 unspecified atom stereocenters. The van der Waals surface area contributed by atoms with E-state index in [1.165, 1.54) is 0 Å². The van der Waals surface area contributed by atoms with Gasteiger partial charge < -0.3 is 14.8 Å². The van der Waals surface area contributed by atoms with E-state index in [2.05, 4.69) is 9.88 Å². The second-order valence-electron chi connectivity index (χ2n) is 6.46. The molecule has 1 aromatic heterocycles. The van der Waals surface area contributed by atoms with Gasteiger partial charge >= 0.3 is 0 Å². The molecular formula is C20H20N2O3. The number of methoxy groups -OCH3 is 1. The van der Waals surface area contributed by atoms with E-state index >= 15 is 0 Å². The van der Waals surface area contributed by atoms with Gasteiger partial charge in [-0.15, -0.1) is 0 Å². The van der Waals surface area contributed by atoms with Crippen molar-refractivity contribution in [1.82, 2.24) is 9.88 Å². The number of aromatic amines is 1. The number of fused-ring (bicyclic) bond motifs is 2. The quantitative estimate of drug-likeness (QED) is 0.772. The molecule has 5 nitrogen and oxygen atoms in total. The summed E-state index contributed by atoms with van der Waals surface area (Å²) in [5, 5.41) is 11.3. The van der Waals surface area contributed by atoms with Gasteiger partial charge in [0.15, 0.2) is 0 Å². The van der Waals surface area contributed by atoms with E-state index in [9.17, 15) is 9.90 Å². The summed E-state index contributed by atoms with van der Waals surface area (Å²) in [6.45, 7) is 1.74. The minimum Gasteiger partial charge on any atom is -0.497 e. The lowest BCUT2D eigenvalue weighted by atomic mass is 9.97. The fourth-order valence-corrected chi connectivity index (χ4v) is 3.49. The summed E-state index contributed by atoms with van der Waals surface area (Å²) in [5.41, 5.74) is 3.48. The van der Waals surface area contributed by atoms with Gasteiger partial charge in [0, 0.05) is 36.1 Å². The standard InChI is InChI=1S/C20H20N2O3/c1-25-16-6-7-18-14(9-16)8-15(20(24)21-18)11-22-10-13-4-2-3-5-17(13)19(23)12-22/h2-9,19,23H,10-12H2,1H3,(H,21,24). The summed E-state index contributed by atoms with van der Waals surface area (Å²) in [4.78, 5) is 17.4. The van der Waals surface area contributed by atoms with Crippen LogP contribution in [0, 0.1) is 0 Å². The largest absolute Gasteiger partial charge is 0.497 e. The van der Waals surface area contributed by atoms with Crippen molar-refractivity contribution >= 4 is 10.9 Å². The molecule has 1 atom stereocenters. The van der Waals surface area contributed by atoms with Gasteiger partial charge in [-0.25, -0.2) is 0 Å². The van der Waals surface area contributed by atoms with Crippen LogP contribution in [0.2, 0.25) is 0 Å². The van der Waals surface area contributed by atoms with Crippen molar-refractivity contribution in [3.05, 3.63) is 75.6 Å². The van der Waals surface area contributed by atoms with Gasteiger partial charge in [-0.1, -0.05) is 24.3 Å². The van der Waals surface area contributed by atoms with Crippen LogP contribution in [-0.2, 0) is 13.1 Å². The van der Waals surface area contributed by atoms with Crippen LogP contribution in [0.1, 0.15) is 22.8 Å². The molecular weight excluding hydrogens is 316 g/mol. The zero-order valence-electron chi connectivity index (χ0n) is 14.0. The van der Waals surface area contributed by atoms with Crippen LogP contribution in [-0.4, -0.2) is 28.6 Å². The highest BCUT2D eigenvalue weighted by molar-refractivity contribution is 5.80. The van der Waals surface area contributed by atoms with Crippen LogP contribution in [0.3, 0.4) is 0 Å². The molecule has 5 heteroatoms. The van der Waals surface area contributed by atoms with E-state index in [0.717, 1.165) is 34.3 Å². The van der Waals surface area contributed by atoms with Gasteiger partial charge in [-0.2, -0.15) is 0 Å². The van der Waals surface area contributed by atoms with Gasteiger partial charge in [0.1, 0.15) is 5.75 Å². The van der Waals surface area contributed by atoms with Gasteiger partial charge in [-0.05, 0) is 35.4 Å². The van der Waals surface area contributed by atoms with E-state index in [-0.39, 0.29) is 5.56 Å². The minimum absolute atomic E-state index is 0.0917. The summed E-state index contributed by atoms with van der Waals surface area (Å²) in [6.07, 6.45) is -0.524. The van der Waals surface area contributed by atoms with Crippen molar-refractivity contribution in [2.75, 3.05) is 13.7 Å². The number of benzene rings is 2. The van der Waals surface area contributed by atoms with Crippen molar-refractivity contribution in [3.63, 3.8) is 0 Å². The number of nitrogens with zero attached hydrogens (tertiary/aromatic N) is 1. The minimum atomic E-state index is -0.524. The number of aliphatic hydroxyl groups excluding tert-OH is 1. The third-order valence-corrected chi connectivity index (χ3v) is 4.76. The molecule has 0 fully saturated rings.